The molecule has 1 aliphatic rings. The first-order valence-electron chi connectivity index (χ1n) is 6.18. The van der Waals surface area contributed by atoms with E-state index in [0.29, 0.717) is 11.5 Å². The summed E-state index contributed by atoms with van der Waals surface area (Å²) in [5.41, 5.74) is 0.427. The zero-order chi connectivity index (χ0) is 12.3. The van der Waals surface area contributed by atoms with Gasteiger partial charge >= 0.3 is 0 Å². The average molecular weight is 256 g/mol. The molecular formula is C13H18ClNO2. The maximum Gasteiger partial charge on any atom is 0.256 e. The van der Waals surface area contributed by atoms with Crippen LogP contribution >= 0.6 is 11.6 Å². The molecule has 0 aromatic carbocycles. The monoisotopic (exact) mass is 255 g/mol. The number of carbonyl (C=O) groups excluding carboxylic acids is 1. The highest BCUT2D eigenvalue weighted by Crippen LogP contribution is 2.27. The molecule has 2 rings (SSSR count). The number of nitrogens with one attached hydrogen (secondary N) is 1. The van der Waals surface area contributed by atoms with Crippen LogP contribution in [0.3, 0.4) is 0 Å². The van der Waals surface area contributed by atoms with Crippen molar-refractivity contribution in [1.29, 1.82) is 0 Å². The van der Waals surface area contributed by atoms with Crippen molar-refractivity contribution in [3.8, 4) is 0 Å². The molecule has 4 heteroatoms. The van der Waals surface area contributed by atoms with Gasteiger partial charge < -0.3 is 9.73 Å². The summed E-state index contributed by atoms with van der Waals surface area (Å²) in [7, 11) is 0. The summed E-state index contributed by atoms with van der Waals surface area (Å²) < 4.78 is 4.90. The Kier molecular flexibility index (Phi) is 4.11. The normalized spacial score (nSPS) is 24.6. The van der Waals surface area contributed by atoms with Crippen LogP contribution in [0.1, 0.15) is 43.0 Å². The number of carbonyl (C=O) groups is 1. The van der Waals surface area contributed by atoms with Crippen LogP contribution in [0.25, 0.3) is 0 Å². The fraction of sp³-hybridized carbons (Fsp3) is 0.615. The van der Waals surface area contributed by atoms with Gasteiger partial charge in [-0.25, -0.2) is 0 Å². The van der Waals surface area contributed by atoms with Crippen LogP contribution in [-0.2, 0) is 0 Å². The van der Waals surface area contributed by atoms with Crippen LogP contribution in [0.2, 0.25) is 5.22 Å². The molecule has 94 valence electrons. The zero-order valence-electron chi connectivity index (χ0n) is 10.0. The molecule has 0 bridgehead atoms. The quantitative estimate of drug-likeness (QED) is 0.898. The van der Waals surface area contributed by atoms with Gasteiger partial charge in [0.1, 0.15) is 0 Å². The second kappa shape index (κ2) is 5.58. The molecule has 1 aromatic heterocycles. The highest BCUT2D eigenvalue weighted by atomic mass is 35.5. The lowest BCUT2D eigenvalue weighted by Gasteiger charge is -2.26. The zero-order valence-corrected chi connectivity index (χ0v) is 10.8. The molecule has 1 heterocycles. The minimum Gasteiger partial charge on any atom is -0.452 e. The van der Waals surface area contributed by atoms with E-state index in [0.717, 1.165) is 12.5 Å². The first-order chi connectivity index (χ1) is 8.16. The topological polar surface area (TPSA) is 42.2 Å². The Hall–Kier alpha value is -0.960. The molecule has 0 atom stereocenters. The lowest BCUT2D eigenvalue weighted by molar-refractivity contribution is 0.0941. The van der Waals surface area contributed by atoms with Crippen molar-refractivity contribution in [2.45, 2.75) is 32.6 Å². The molecule has 0 radical (unpaired) electrons. The van der Waals surface area contributed by atoms with Crippen molar-refractivity contribution in [3.63, 3.8) is 0 Å². The third-order valence-corrected chi connectivity index (χ3v) is 3.84. The molecule has 0 unspecified atom stereocenters. The minimum absolute atomic E-state index is 0.137. The molecule has 17 heavy (non-hydrogen) atoms. The summed E-state index contributed by atoms with van der Waals surface area (Å²) >= 11 is 5.75. The first kappa shape index (κ1) is 12.5. The fourth-order valence-corrected chi connectivity index (χ4v) is 2.52. The third kappa shape index (κ3) is 3.25. The van der Waals surface area contributed by atoms with Crippen LogP contribution in [0.4, 0.5) is 0 Å². The summed E-state index contributed by atoms with van der Waals surface area (Å²) in [6.07, 6.45) is 6.39. The van der Waals surface area contributed by atoms with Gasteiger partial charge in [0.2, 0.25) is 5.22 Å². The number of rotatable bonds is 3. The van der Waals surface area contributed by atoms with E-state index in [4.69, 9.17) is 16.0 Å². The van der Waals surface area contributed by atoms with E-state index in [1.807, 2.05) is 0 Å². The van der Waals surface area contributed by atoms with Gasteiger partial charge in [-0.2, -0.15) is 0 Å². The molecule has 1 aromatic rings. The van der Waals surface area contributed by atoms with E-state index in [-0.39, 0.29) is 11.1 Å². The number of hydrogen-bond acceptors (Lipinski definition) is 2. The smallest absolute Gasteiger partial charge is 0.256 e. The minimum atomic E-state index is -0.137. The Morgan fingerprint density at radius 3 is 2.76 bits per heavy atom. The van der Waals surface area contributed by atoms with Gasteiger partial charge in [-0.1, -0.05) is 19.8 Å². The van der Waals surface area contributed by atoms with Crippen molar-refractivity contribution in [3.05, 3.63) is 23.1 Å². The predicted octanol–water partition coefficient (Wildman–Crippen LogP) is 3.49. The van der Waals surface area contributed by atoms with Crippen molar-refractivity contribution in [2.24, 2.45) is 11.8 Å². The van der Waals surface area contributed by atoms with E-state index in [2.05, 4.69) is 12.2 Å². The summed E-state index contributed by atoms with van der Waals surface area (Å²) in [4.78, 5) is 11.8. The molecule has 1 saturated carbocycles. The van der Waals surface area contributed by atoms with Crippen molar-refractivity contribution < 1.29 is 9.21 Å². The maximum absolute atomic E-state index is 11.8. The lowest BCUT2D eigenvalue weighted by Crippen LogP contribution is -2.31. The molecule has 3 nitrogen and oxygen atoms in total. The molecule has 1 N–H and O–H groups in total. The Morgan fingerprint density at radius 2 is 2.18 bits per heavy atom. The van der Waals surface area contributed by atoms with Crippen LogP contribution in [0, 0.1) is 11.8 Å². The highest BCUT2D eigenvalue weighted by molar-refractivity contribution is 6.32. The summed E-state index contributed by atoms with van der Waals surface area (Å²) in [5, 5.41) is 3.09. The maximum atomic E-state index is 11.8. The molecule has 0 spiro atoms. The highest BCUT2D eigenvalue weighted by Gasteiger charge is 2.19. The van der Waals surface area contributed by atoms with E-state index in [1.54, 1.807) is 6.07 Å². The Bertz CT molecular complexity index is 381. The summed E-state index contributed by atoms with van der Waals surface area (Å²) in [5.74, 6) is 1.31. The summed E-state index contributed by atoms with van der Waals surface area (Å²) in [6, 6.07) is 1.60. The van der Waals surface area contributed by atoms with E-state index in [1.165, 1.54) is 31.9 Å². The van der Waals surface area contributed by atoms with Gasteiger partial charge in [0.05, 0.1) is 11.8 Å². The van der Waals surface area contributed by atoms with E-state index >= 15 is 0 Å². The molecule has 1 amide bonds. The second-order valence-corrected chi connectivity index (χ2v) is 5.29. The largest absolute Gasteiger partial charge is 0.452 e. The summed E-state index contributed by atoms with van der Waals surface area (Å²) in [6.45, 7) is 3.03. The van der Waals surface area contributed by atoms with Gasteiger partial charge in [-0.05, 0) is 42.3 Å². The molecule has 0 aliphatic heterocycles. The predicted molar refractivity (Wildman–Crippen MR) is 67.2 cm³/mol. The number of amides is 1. The molecular weight excluding hydrogens is 238 g/mol. The van der Waals surface area contributed by atoms with Gasteiger partial charge in [-0.15, -0.1) is 0 Å². The first-order valence-corrected chi connectivity index (χ1v) is 6.56. The van der Waals surface area contributed by atoms with E-state index < -0.39 is 0 Å². The SMILES string of the molecule is CC1CCC(CNC(=O)c2ccoc2Cl)CC1. The lowest BCUT2D eigenvalue weighted by atomic mass is 9.83. The van der Waals surface area contributed by atoms with Crippen molar-refractivity contribution in [1.82, 2.24) is 5.32 Å². The van der Waals surface area contributed by atoms with Gasteiger partial charge in [0.15, 0.2) is 0 Å². The van der Waals surface area contributed by atoms with Crippen LogP contribution < -0.4 is 5.32 Å². The van der Waals surface area contributed by atoms with Crippen LogP contribution in [0.5, 0.6) is 0 Å². The molecule has 1 fully saturated rings. The number of halogens is 1. The van der Waals surface area contributed by atoms with Crippen LogP contribution in [-0.4, -0.2) is 12.5 Å². The van der Waals surface area contributed by atoms with E-state index in [9.17, 15) is 4.79 Å². The van der Waals surface area contributed by atoms with Gasteiger partial charge in [0.25, 0.3) is 5.91 Å². The van der Waals surface area contributed by atoms with Crippen molar-refractivity contribution in [2.75, 3.05) is 6.54 Å². The Balaban J connectivity index is 1.79. The second-order valence-electron chi connectivity index (χ2n) is 4.94. The average Bonchev–Trinajstić information content (AvgIpc) is 2.74. The number of hydrogen-bond donors (Lipinski definition) is 1. The van der Waals surface area contributed by atoms with Gasteiger partial charge in [0, 0.05) is 6.54 Å². The third-order valence-electron chi connectivity index (χ3n) is 3.55. The van der Waals surface area contributed by atoms with Gasteiger partial charge in [-0.3, -0.25) is 4.79 Å². The Labute approximate surface area is 107 Å². The fourth-order valence-electron chi connectivity index (χ4n) is 2.32. The standard InChI is InChI=1S/C13H18ClNO2/c1-9-2-4-10(5-3-9)8-15-13(16)11-6-7-17-12(11)14/h6-7,9-10H,2-5,8H2,1H3,(H,15,16). The Morgan fingerprint density at radius 1 is 1.47 bits per heavy atom. The molecule has 0 saturated heterocycles. The molecule has 1 aliphatic carbocycles. The number of furan rings is 1. The van der Waals surface area contributed by atoms with Crippen LogP contribution in [0.15, 0.2) is 16.7 Å². The van der Waals surface area contributed by atoms with Crippen molar-refractivity contribution >= 4 is 17.5 Å².